The molecular weight excluding hydrogens is 294 g/mol. The van der Waals surface area contributed by atoms with Gasteiger partial charge in [0.1, 0.15) is 6.61 Å². The van der Waals surface area contributed by atoms with Crippen LogP contribution in [0.25, 0.3) is 5.69 Å². The number of benzene rings is 1. The van der Waals surface area contributed by atoms with Crippen molar-refractivity contribution in [2.45, 2.75) is 6.61 Å². The van der Waals surface area contributed by atoms with E-state index in [2.05, 4.69) is 10.1 Å². The van der Waals surface area contributed by atoms with Gasteiger partial charge in [0.25, 0.3) is 0 Å². The molecule has 0 radical (unpaired) electrons. The van der Waals surface area contributed by atoms with Crippen LogP contribution in [-0.4, -0.2) is 27.8 Å². The molecule has 3 rings (SSSR count). The first-order valence-corrected chi connectivity index (χ1v) is 7.04. The Labute approximate surface area is 133 Å². The highest BCUT2D eigenvalue weighted by Crippen LogP contribution is 2.20. The van der Waals surface area contributed by atoms with Crippen molar-refractivity contribution in [1.29, 1.82) is 0 Å². The second kappa shape index (κ2) is 6.74. The van der Waals surface area contributed by atoms with Gasteiger partial charge in [0.05, 0.1) is 24.7 Å². The highest BCUT2D eigenvalue weighted by molar-refractivity contribution is 5.90. The minimum Gasteiger partial charge on any atom is -0.493 e. The predicted octanol–water partition coefficient (Wildman–Crippen LogP) is 2.63. The summed E-state index contributed by atoms with van der Waals surface area (Å²) in [4.78, 5) is 16.3. The largest absolute Gasteiger partial charge is 0.493 e. The molecule has 6 nitrogen and oxygen atoms in total. The summed E-state index contributed by atoms with van der Waals surface area (Å²) in [5.74, 6) is -0.193. The minimum absolute atomic E-state index is 0.0843. The van der Waals surface area contributed by atoms with Gasteiger partial charge < -0.3 is 9.47 Å². The highest BCUT2D eigenvalue weighted by atomic mass is 16.5. The molecular formula is C17H15N3O3. The number of hydrogen-bond donors (Lipinski definition) is 0. The lowest BCUT2D eigenvalue weighted by Crippen LogP contribution is -2.09. The summed E-state index contributed by atoms with van der Waals surface area (Å²) in [6, 6.07) is 14.9. The molecule has 0 N–H and O–H groups in total. The number of methoxy groups -OCH3 is 1. The second-order valence-electron chi connectivity index (χ2n) is 4.72. The summed E-state index contributed by atoms with van der Waals surface area (Å²) in [7, 11) is 1.49. The zero-order valence-corrected chi connectivity index (χ0v) is 12.5. The minimum atomic E-state index is -0.554. The van der Waals surface area contributed by atoms with Crippen LogP contribution < -0.4 is 4.74 Å². The van der Waals surface area contributed by atoms with E-state index in [9.17, 15) is 4.79 Å². The number of esters is 1. The number of rotatable bonds is 5. The van der Waals surface area contributed by atoms with Crippen LogP contribution in [0.5, 0.6) is 5.75 Å². The molecule has 6 heteroatoms. The van der Waals surface area contributed by atoms with Crippen LogP contribution >= 0.6 is 0 Å². The number of para-hydroxylation sites is 1. The molecule has 0 amide bonds. The second-order valence-corrected chi connectivity index (χ2v) is 4.72. The van der Waals surface area contributed by atoms with E-state index in [1.54, 1.807) is 29.2 Å². The first-order valence-electron chi connectivity index (χ1n) is 7.04. The molecule has 0 aliphatic carbocycles. The van der Waals surface area contributed by atoms with E-state index in [4.69, 9.17) is 9.47 Å². The molecule has 2 aromatic heterocycles. The Balaban J connectivity index is 1.79. The third-order valence-electron chi connectivity index (χ3n) is 3.19. The van der Waals surface area contributed by atoms with Crippen molar-refractivity contribution in [3.05, 3.63) is 72.3 Å². The van der Waals surface area contributed by atoms with Crippen molar-refractivity contribution < 1.29 is 14.3 Å². The fourth-order valence-corrected chi connectivity index (χ4v) is 2.05. The third-order valence-corrected chi connectivity index (χ3v) is 3.19. The van der Waals surface area contributed by atoms with Gasteiger partial charge >= 0.3 is 5.97 Å². The maximum atomic E-state index is 12.2. The lowest BCUT2D eigenvalue weighted by molar-refractivity contribution is 0.0456. The molecule has 1 aromatic carbocycles. The molecule has 0 spiro atoms. The zero-order chi connectivity index (χ0) is 16.1. The molecule has 116 valence electrons. The van der Waals surface area contributed by atoms with Gasteiger partial charge in [0.15, 0.2) is 5.75 Å². The first-order chi connectivity index (χ1) is 11.3. The summed E-state index contributed by atoms with van der Waals surface area (Å²) >= 11 is 0. The van der Waals surface area contributed by atoms with Crippen LogP contribution in [0.4, 0.5) is 0 Å². The van der Waals surface area contributed by atoms with E-state index in [-0.39, 0.29) is 12.3 Å². The number of ether oxygens (including phenoxy) is 2. The number of nitrogens with zero attached hydrogens (tertiary/aromatic N) is 3. The SMILES string of the molecule is COc1cn(-c2ccccc2)nc1C(=O)OCc1ccccn1. The van der Waals surface area contributed by atoms with Crippen molar-refractivity contribution in [2.24, 2.45) is 0 Å². The lowest BCUT2D eigenvalue weighted by Gasteiger charge is -2.03. The van der Waals surface area contributed by atoms with E-state index in [1.165, 1.54) is 7.11 Å². The van der Waals surface area contributed by atoms with Crippen LogP contribution in [0.1, 0.15) is 16.2 Å². The molecule has 0 saturated carbocycles. The monoisotopic (exact) mass is 309 g/mol. The number of carbonyl (C=O) groups excluding carboxylic acids is 1. The lowest BCUT2D eigenvalue weighted by atomic mass is 10.3. The fourth-order valence-electron chi connectivity index (χ4n) is 2.05. The van der Waals surface area contributed by atoms with Gasteiger partial charge in [0.2, 0.25) is 5.69 Å². The standard InChI is InChI=1S/C17H15N3O3/c1-22-15-11-20(14-8-3-2-4-9-14)19-16(15)17(21)23-12-13-7-5-6-10-18-13/h2-11H,12H2,1H3. The Morgan fingerprint density at radius 2 is 1.91 bits per heavy atom. The average molecular weight is 309 g/mol. The molecule has 0 unspecified atom stereocenters. The molecule has 0 fully saturated rings. The van der Waals surface area contributed by atoms with Crippen molar-refractivity contribution >= 4 is 5.97 Å². The molecule has 3 aromatic rings. The molecule has 23 heavy (non-hydrogen) atoms. The van der Waals surface area contributed by atoms with Gasteiger partial charge in [-0.15, -0.1) is 0 Å². The van der Waals surface area contributed by atoms with E-state index >= 15 is 0 Å². The number of carbonyl (C=O) groups is 1. The average Bonchev–Trinajstić information content (AvgIpc) is 3.06. The highest BCUT2D eigenvalue weighted by Gasteiger charge is 2.20. The summed E-state index contributed by atoms with van der Waals surface area (Å²) < 4.78 is 12.0. The van der Waals surface area contributed by atoms with Crippen molar-refractivity contribution in [1.82, 2.24) is 14.8 Å². The van der Waals surface area contributed by atoms with Crippen LogP contribution in [0.2, 0.25) is 0 Å². The molecule has 2 heterocycles. The van der Waals surface area contributed by atoms with Gasteiger partial charge in [-0.2, -0.15) is 5.10 Å². The van der Waals surface area contributed by atoms with Crippen LogP contribution in [0.15, 0.2) is 60.9 Å². The normalized spacial score (nSPS) is 10.3. The van der Waals surface area contributed by atoms with Crippen LogP contribution in [0.3, 0.4) is 0 Å². The van der Waals surface area contributed by atoms with Crippen molar-refractivity contribution in [2.75, 3.05) is 7.11 Å². The van der Waals surface area contributed by atoms with E-state index in [1.807, 2.05) is 36.4 Å². The van der Waals surface area contributed by atoms with Gasteiger partial charge in [-0.1, -0.05) is 24.3 Å². The van der Waals surface area contributed by atoms with Gasteiger partial charge in [-0.25, -0.2) is 9.48 Å². The molecule has 0 bridgehead atoms. The first kappa shape index (κ1) is 14.8. The molecule has 0 aliphatic heterocycles. The third kappa shape index (κ3) is 3.37. The molecule has 0 saturated heterocycles. The van der Waals surface area contributed by atoms with E-state index in [0.29, 0.717) is 11.4 Å². The summed E-state index contributed by atoms with van der Waals surface area (Å²) in [6.07, 6.45) is 3.29. The Hall–Kier alpha value is -3.15. The van der Waals surface area contributed by atoms with Gasteiger partial charge in [-0.3, -0.25) is 4.98 Å². The predicted molar refractivity (Wildman–Crippen MR) is 83.5 cm³/mol. The van der Waals surface area contributed by atoms with E-state index in [0.717, 1.165) is 5.69 Å². The summed E-state index contributed by atoms with van der Waals surface area (Å²) in [6.45, 7) is 0.0843. The van der Waals surface area contributed by atoms with Gasteiger partial charge in [0, 0.05) is 6.20 Å². The summed E-state index contributed by atoms with van der Waals surface area (Å²) in [5.41, 5.74) is 1.63. The number of hydrogen-bond acceptors (Lipinski definition) is 5. The Kier molecular flexibility index (Phi) is 4.33. The van der Waals surface area contributed by atoms with E-state index < -0.39 is 5.97 Å². The maximum absolute atomic E-state index is 12.2. The maximum Gasteiger partial charge on any atom is 0.363 e. The Morgan fingerprint density at radius 1 is 1.13 bits per heavy atom. The number of pyridine rings is 1. The molecule has 0 atom stereocenters. The Bertz CT molecular complexity index is 785. The Morgan fingerprint density at radius 3 is 2.61 bits per heavy atom. The molecule has 0 aliphatic rings. The van der Waals surface area contributed by atoms with Crippen LogP contribution in [-0.2, 0) is 11.3 Å². The van der Waals surface area contributed by atoms with Crippen molar-refractivity contribution in [3.63, 3.8) is 0 Å². The zero-order valence-electron chi connectivity index (χ0n) is 12.5. The van der Waals surface area contributed by atoms with Gasteiger partial charge in [-0.05, 0) is 24.3 Å². The fraction of sp³-hybridized carbons (Fsp3) is 0.118. The van der Waals surface area contributed by atoms with Crippen LogP contribution in [0, 0.1) is 0 Å². The smallest absolute Gasteiger partial charge is 0.363 e. The quantitative estimate of drug-likeness (QED) is 0.678. The topological polar surface area (TPSA) is 66.2 Å². The summed E-state index contributed by atoms with van der Waals surface area (Å²) in [5, 5.41) is 4.26. The van der Waals surface area contributed by atoms with Crippen molar-refractivity contribution in [3.8, 4) is 11.4 Å². The number of aromatic nitrogens is 3.